The lowest BCUT2D eigenvalue weighted by Gasteiger charge is -2.20. The normalized spacial score (nSPS) is 10.3. The minimum absolute atomic E-state index is 0.110. The average Bonchev–Trinajstić information content (AvgIpc) is 2.78. The first-order valence-corrected chi connectivity index (χ1v) is 9.68. The van der Waals surface area contributed by atoms with Crippen molar-refractivity contribution in [1.82, 2.24) is 10.6 Å². The summed E-state index contributed by atoms with van der Waals surface area (Å²) in [6, 6.07) is 25.3. The fourth-order valence-corrected chi connectivity index (χ4v) is 2.75. The molecule has 7 heteroatoms. The third kappa shape index (κ3) is 6.83. The van der Waals surface area contributed by atoms with Gasteiger partial charge in [-0.2, -0.15) is 0 Å². The Morgan fingerprint density at radius 1 is 0.700 bits per heavy atom. The topological polar surface area (TPSA) is 76.7 Å². The Kier molecular flexibility index (Phi) is 7.69. The smallest absolute Gasteiger partial charge is 0.409 e. The van der Waals surface area contributed by atoms with Crippen LogP contribution in [-0.2, 0) is 22.7 Å². The predicted molar refractivity (Wildman–Crippen MR) is 114 cm³/mol. The Bertz CT molecular complexity index is 892. The number of alkyl carbamates (subject to hydrolysis) is 2. The van der Waals surface area contributed by atoms with E-state index in [0.717, 1.165) is 11.1 Å². The van der Waals surface area contributed by atoms with Gasteiger partial charge in [0.05, 0.1) is 0 Å². The summed E-state index contributed by atoms with van der Waals surface area (Å²) in [6.45, 7) is 0.219. The molecule has 2 N–H and O–H groups in total. The number of ether oxygens (including phenoxy) is 2. The van der Waals surface area contributed by atoms with Gasteiger partial charge in [0.25, 0.3) is 0 Å². The Morgan fingerprint density at radius 3 is 1.57 bits per heavy atom. The van der Waals surface area contributed by atoms with Crippen LogP contribution in [0.5, 0.6) is 0 Å². The number of carbonyl (C=O) groups is 2. The van der Waals surface area contributed by atoms with Crippen LogP contribution in [0.2, 0.25) is 5.02 Å². The van der Waals surface area contributed by atoms with Gasteiger partial charge in [-0.05, 0) is 28.8 Å². The molecule has 0 saturated carbocycles. The van der Waals surface area contributed by atoms with Crippen LogP contribution >= 0.6 is 11.6 Å². The molecular formula is C23H21ClN2O4. The van der Waals surface area contributed by atoms with Crippen molar-refractivity contribution in [3.8, 4) is 0 Å². The summed E-state index contributed by atoms with van der Waals surface area (Å²) < 4.78 is 10.5. The maximum atomic E-state index is 12.3. The summed E-state index contributed by atoms with van der Waals surface area (Å²) in [5.74, 6) is 0. The second-order valence-electron chi connectivity index (χ2n) is 6.40. The Balaban J connectivity index is 1.60. The fraction of sp³-hybridized carbons (Fsp3) is 0.130. The van der Waals surface area contributed by atoms with E-state index in [4.69, 9.17) is 21.1 Å². The molecule has 6 nitrogen and oxygen atoms in total. The van der Waals surface area contributed by atoms with E-state index >= 15 is 0 Å². The number of hydrogen-bond acceptors (Lipinski definition) is 4. The van der Waals surface area contributed by atoms with Gasteiger partial charge in [-0.25, -0.2) is 9.59 Å². The quantitative estimate of drug-likeness (QED) is 0.511. The van der Waals surface area contributed by atoms with Gasteiger partial charge in [0.2, 0.25) is 0 Å². The summed E-state index contributed by atoms with van der Waals surface area (Å²) in [4.78, 5) is 24.6. The molecule has 30 heavy (non-hydrogen) atoms. The molecule has 3 rings (SSSR count). The molecule has 0 aromatic heterocycles. The van der Waals surface area contributed by atoms with Gasteiger partial charge in [0, 0.05) is 5.02 Å². The van der Waals surface area contributed by atoms with Crippen molar-refractivity contribution in [3.63, 3.8) is 0 Å². The van der Waals surface area contributed by atoms with E-state index in [-0.39, 0.29) is 13.2 Å². The summed E-state index contributed by atoms with van der Waals surface area (Å²) >= 11 is 5.94. The largest absolute Gasteiger partial charge is 0.445 e. The lowest BCUT2D eigenvalue weighted by molar-refractivity contribution is 0.122. The first kappa shape index (κ1) is 21.2. The van der Waals surface area contributed by atoms with Gasteiger partial charge < -0.3 is 9.47 Å². The SMILES string of the molecule is O=C(NC(NC(=O)OCc1ccccc1)c1ccc(Cl)cc1)OCc1ccccc1. The van der Waals surface area contributed by atoms with Crippen LogP contribution in [0, 0.1) is 0 Å². The molecule has 0 unspecified atom stereocenters. The standard InChI is InChI=1S/C23H21ClN2O4/c24-20-13-11-19(12-14-20)21(25-22(27)29-15-17-7-3-1-4-8-17)26-23(28)30-16-18-9-5-2-6-10-18/h1-14,21H,15-16H2,(H,25,27)(H,26,28). The molecule has 0 spiro atoms. The van der Waals surface area contributed by atoms with E-state index in [1.54, 1.807) is 24.3 Å². The highest BCUT2D eigenvalue weighted by atomic mass is 35.5. The molecular weight excluding hydrogens is 404 g/mol. The van der Waals surface area contributed by atoms with Crippen LogP contribution in [0.3, 0.4) is 0 Å². The van der Waals surface area contributed by atoms with Gasteiger partial charge in [-0.15, -0.1) is 0 Å². The van der Waals surface area contributed by atoms with Gasteiger partial charge in [-0.3, -0.25) is 10.6 Å². The van der Waals surface area contributed by atoms with Crippen molar-refractivity contribution in [2.45, 2.75) is 19.4 Å². The molecule has 0 aliphatic carbocycles. The number of carbonyl (C=O) groups excluding carboxylic acids is 2. The second kappa shape index (κ2) is 10.9. The predicted octanol–water partition coefficient (Wildman–Crippen LogP) is 5.19. The van der Waals surface area contributed by atoms with E-state index in [1.807, 2.05) is 60.7 Å². The van der Waals surface area contributed by atoms with Crippen molar-refractivity contribution < 1.29 is 19.1 Å². The zero-order chi connectivity index (χ0) is 21.2. The number of halogens is 1. The van der Waals surface area contributed by atoms with Crippen molar-refractivity contribution in [1.29, 1.82) is 0 Å². The molecule has 0 radical (unpaired) electrons. The third-order valence-electron chi connectivity index (χ3n) is 4.15. The van der Waals surface area contributed by atoms with Crippen molar-refractivity contribution >= 4 is 23.8 Å². The highest BCUT2D eigenvalue weighted by Crippen LogP contribution is 2.16. The highest BCUT2D eigenvalue weighted by Gasteiger charge is 2.19. The molecule has 0 aliphatic heterocycles. The van der Waals surface area contributed by atoms with Crippen molar-refractivity contribution in [2.75, 3.05) is 0 Å². The number of amides is 2. The first-order chi connectivity index (χ1) is 14.6. The third-order valence-corrected chi connectivity index (χ3v) is 4.41. The number of rotatable bonds is 7. The lowest BCUT2D eigenvalue weighted by atomic mass is 10.2. The van der Waals surface area contributed by atoms with Crippen LogP contribution < -0.4 is 10.6 Å². The van der Waals surface area contributed by atoms with Crippen molar-refractivity contribution in [2.24, 2.45) is 0 Å². The van der Waals surface area contributed by atoms with Crippen LogP contribution in [0.25, 0.3) is 0 Å². The second-order valence-corrected chi connectivity index (χ2v) is 6.83. The Labute approximate surface area is 179 Å². The zero-order valence-electron chi connectivity index (χ0n) is 16.1. The maximum absolute atomic E-state index is 12.3. The minimum Gasteiger partial charge on any atom is -0.445 e. The van der Waals surface area contributed by atoms with Crippen molar-refractivity contribution in [3.05, 3.63) is 107 Å². The van der Waals surface area contributed by atoms with E-state index in [1.165, 1.54) is 0 Å². The number of benzene rings is 3. The zero-order valence-corrected chi connectivity index (χ0v) is 16.8. The van der Waals surface area contributed by atoms with Gasteiger partial charge in [0.15, 0.2) is 0 Å². The summed E-state index contributed by atoms with van der Waals surface area (Å²) in [5.41, 5.74) is 2.32. The minimum atomic E-state index is -0.853. The Morgan fingerprint density at radius 2 is 1.13 bits per heavy atom. The molecule has 3 aromatic rings. The number of nitrogens with one attached hydrogen (secondary N) is 2. The molecule has 0 heterocycles. The molecule has 2 amide bonds. The number of hydrogen-bond donors (Lipinski definition) is 2. The molecule has 154 valence electrons. The van der Waals surface area contributed by atoms with Crippen LogP contribution in [0.1, 0.15) is 22.9 Å². The molecule has 3 aromatic carbocycles. The van der Waals surface area contributed by atoms with Gasteiger partial charge in [0.1, 0.15) is 19.4 Å². The van der Waals surface area contributed by atoms with E-state index < -0.39 is 18.4 Å². The first-order valence-electron chi connectivity index (χ1n) is 9.30. The molecule has 0 atom stereocenters. The summed E-state index contributed by atoms with van der Waals surface area (Å²) in [7, 11) is 0. The monoisotopic (exact) mass is 424 g/mol. The van der Waals surface area contributed by atoms with Crippen LogP contribution in [-0.4, -0.2) is 12.2 Å². The molecule has 0 aliphatic rings. The molecule has 0 fully saturated rings. The highest BCUT2D eigenvalue weighted by molar-refractivity contribution is 6.30. The van der Waals surface area contributed by atoms with E-state index in [0.29, 0.717) is 10.6 Å². The maximum Gasteiger partial charge on any atom is 0.409 e. The Hall–Kier alpha value is -3.51. The fourth-order valence-electron chi connectivity index (χ4n) is 2.62. The van der Waals surface area contributed by atoms with Gasteiger partial charge >= 0.3 is 12.2 Å². The lowest BCUT2D eigenvalue weighted by Crippen LogP contribution is -2.41. The van der Waals surface area contributed by atoms with Gasteiger partial charge in [-0.1, -0.05) is 84.4 Å². The summed E-state index contributed by atoms with van der Waals surface area (Å²) in [5, 5.41) is 5.81. The average molecular weight is 425 g/mol. The van der Waals surface area contributed by atoms with E-state index in [9.17, 15) is 9.59 Å². The van der Waals surface area contributed by atoms with Crippen LogP contribution in [0.15, 0.2) is 84.9 Å². The van der Waals surface area contributed by atoms with Crippen LogP contribution in [0.4, 0.5) is 9.59 Å². The molecule has 0 bridgehead atoms. The summed E-state index contributed by atoms with van der Waals surface area (Å²) in [6.07, 6.45) is -2.21. The van der Waals surface area contributed by atoms with E-state index in [2.05, 4.69) is 10.6 Å². The molecule has 0 saturated heterocycles.